The fourth-order valence-electron chi connectivity index (χ4n) is 2.50. The van der Waals surface area contributed by atoms with E-state index in [-0.39, 0.29) is 12.0 Å². The molecule has 0 fully saturated rings. The summed E-state index contributed by atoms with van der Waals surface area (Å²) in [5.74, 6) is -0.213. The number of hydrogen-bond donors (Lipinski definition) is 2. The quantitative estimate of drug-likeness (QED) is 0.729. The molecule has 23 heavy (non-hydrogen) atoms. The molecular formula is C14H14N6O3. The van der Waals surface area contributed by atoms with E-state index >= 15 is 0 Å². The maximum atomic E-state index is 11.9. The molecule has 1 aliphatic heterocycles. The minimum absolute atomic E-state index is 0.159. The van der Waals surface area contributed by atoms with Crippen molar-refractivity contribution >= 4 is 5.91 Å². The highest BCUT2D eigenvalue weighted by atomic mass is 16.5. The fraction of sp³-hybridized carbons (Fsp3) is 0.286. The number of carbonyl (C=O) groups is 1. The topological polar surface area (TPSA) is 111 Å². The first-order chi connectivity index (χ1) is 11.3. The molecule has 4 heterocycles. The summed E-state index contributed by atoms with van der Waals surface area (Å²) in [6.07, 6.45) is 4.60. The van der Waals surface area contributed by atoms with Crippen LogP contribution in [0.15, 0.2) is 35.3 Å². The Hall–Kier alpha value is -2.94. The van der Waals surface area contributed by atoms with Crippen LogP contribution in [0.25, 0.3) is 11.3 Å². The first kappa shape index (κ1) is 13.7. The standard InChI is InChI=1S/C14H14N6O3/c21-14(11-1-3-16-17-11)15-5-10-6-20-12(8-23-10)13(18-19-20)9-2-4-22-7-9/h1-4,7,10H,5-6,8H2,(H,15,21)(H,16,17). The third kappa shape index (κ3) is 2.61. The van der Waals surface area contributed by atoms with Crippen LogP contribution in [0.2, 0.25) is 0 Å². The number of ether oxygens (including phenoxy) is 1. The Balaban J connectivity index is 1.41. The molecule has 0 bridgehead atoms. The number of H-pyrrole nitrogens is 1. The zero-order chi connectivity index (χ0) is 15.6. The van der Waals surface area contributed by atoms with Crippen LogP contribution >= 0.6 is 0 Å². The van der Waals surface area contributed by atoms with Crippen molar-refractivity contribution < 1.29 is 13.9 Å². The first-order valence-corrected chi connectivity index (χ1v) is 7.15. The summed E-state index contributed by atoms with van der Waals surface area (Å²) in [5.41, 5.74) is 2.96. The Morgan fingerprint density at radius 1 is 1.48 bits per heavy atom. The van der Waals surface area contributed by atoms with E-state index in [0.717, 1.165) is 17.0 Å². The second-order valence-corrected chi connectivity index (χ2v) is 5.19. The maximum absolute atomic E-state index is 11.9. The average Bonchev–Trinajstić information content (AvgIpc) is 3.32. The van der Waals surface area contributed by atoms with Crippen molar-refractivity contribution in [1.29, 1.82) is 0 Å². The zero-order valence-electron chi connectivity index (χ0n) is 12.1. The van der Waals surface area contributed by atoms with Crippen LogP contribution in [-0.4, -0.2) is 43.7 Å². The average molecular weight is 314 g/mol. The van der Waals surface area contributed by atoms with Crippen LogP contribution in [-0.2, 0) is 17.9 Å². The lowest BCUT2D eigenvalue weighted by molar-refractivity contribution is 0.00174. The molecule has 0 saturated heterocycles. The molecule has 0 aliphatic carbocycles. The molecule has 1 unspecified atom stereocenters. The van der Waals surface area contributed by atoms with Gasteiger partial charge in [-0.1, -0.05) is 5.21 Å². The van der Waals surface area contributed by atoms with Crippen LogP contribution in [0.1, 0.15) is 16.2 Å². The molecule has 1 aliphatic rings. The van der Waals surface area contributed by atoms with Gasteiger partial charge in [-0.3, -0.25) is 9.89 Å². The Bertz CT molecular complexity index is 793. The molecule has 118 valence electrons. The molecule has 0 spiro atoms. The van der Waals surface area contributed by atoms with Gasteiger partial charge in [0.1, 0.15) is 11.4 Å². The van der Waals surface area contributed by atoms with Gasteiger partial charge in [0.25, 0.3) is 5.91 Å². The number of fused-ring (bicyclic) bond motifs is 1. The van der Waals surface area contributed by atoms with Crippen molar-refractivity contribution in [1.82, 2.24) is 30.5 Å². The highest BCUT2D eigenvalue weighted by Gasteiger charge is 2.25. The number of carbonyl (C=O) groups excluding carboxylic acids is 1. The van der Waals surface area contributed by atoms with E-state index in [1.54, 1.807) is 23.3 Å². The monoisotopic (exact) mass is 314 g/mol. The number of nitrogens with zero attached hydrogens (tertiary/aromatic N) is 4. The molecule has 1 amide bonds. The second-order valence-electron chi connectivity index (χ2n) is 5.19. The summed E-state index contributed by atoms with van der Waals surface area (Å²) in [5, 5.41) is 17.5. The van der Waals surface area contributed by atoms with E-state index in [1.807, 2.05) is 6.07 Å². The molecule has 1 atom stereocenters. The van der Waals surface area contributed by atoms with Crippen LogP contribution < -0.4 is 5.32 Å². The van der Waals surface area contributed by atoms with Crippen molar-refractivity contribution in [3.63, 3.8) is 0 Å². The van der Waals surface area contributed by atoms with Gasteiger partial charge in [-0.05, 0) is 12.1 Å². The van der Waals surface area contributed by atoms with Crippen LogP contribution in [0, 0.1) is 0 Å². The number of aromatic amines is 1. The maximum Gasteiger partial charge on any atom is 0.269 e. The van der Waals surface area contributed by atoms with Gasteiger partial charge in [0.2, 0.25) is 0 Å². The van der Waals surface area contributed by atoms with Crippen LogP contribution in [0.5, 0.6) is 0 Å². The van der Waals surface area contributed by atoms with Crippen molar-refractivity contribution in [2.45, 2.75) is 19.3 Å². The van der Waals surface area contributed by atoms with Gasteiger partial charge in [-0.25, -0.2) is 4.68 Å². The number of rotatable bonds is 4. The van der Waals surface area contributed by atoms with Crippen molar-refractivity contribution in [3.8, 4) is 11.3 Å². The van der Waals surface area contributed by atoms with E-state index in [0.29, 0.717) is 25.4 Å². The van der Waals surface area contributed by atoms with Crippen molar-refractivity contribution in [3.05, 3.63) is 42.2 Å². The SMILES string of the molecule is O=C(NCC1Cn2nnc(-c3ccoc3)c2CO1)c1ccn[nH]1. The smallest absolute Gasteiger partial charge is 0.269 e. The number of aromatic nitrogens is 5. The number of nitrogens with one attached hydrogen (secondary N) is 2. The first-order valence-electron chi connectivity index (χ1n) is 7.15. The van der Waals surface area contributed by atoms with E-state index in [2.05, 4.69) is 25.8 Å². The Morgan fingerprint density at radius 2 is 2.43 bits per heavy atom. The lowest BCUT2D eigenvalue weighted by Gasteiger charge is -2.24. The van der Waals surface area contributed by atoms with Crippen LogP contribution in [0.4, 0.5) is 0 Å². The van der Waals surface area contributed by atoms with Gasteiger partial charge in [-0.15, -0.1) is 5.10 Å². The predicted octanol–water partition coefficient (Wildman–Crippen LogP) is 0.590. The number of furan rings is 1. The summed E-state index contributed by atoms with van der Waals surface area (Å²) in [4.78, 5) is 11.9. The fourth-order valence-corrected chi connectivity index (χ4v) is 2.50. The largest absolute Gasteiger partial charge is 0.472 e. The molecule has 4 rings (SSSR count). The third-order valence-corrected chi connectivity index (χ3v) is 3.70. The van der Waals surface area contributed by atoms with Gasteiger partial charge >= 0.3 is 0 Å². The summed E-state index contributed by atoms with van der Waals surface area (Å²) < 4.78 is 12.7. The lowest BCUT2D eigenvalue weighted by atomic mass is 10.2. The molecule has 0 aromatic carbocycles. The molecule has 9 nitrogen and oxygen atoms in total. The minimum Gasteiger partial charge on any atom is -0.472 e. The van der Waals surface area contributed by atoms with Gasteiger partial charge in [0.15, 0.2) is 0 Å². The highest BCUT2D eigenvalue weighted by Crippen LogP contribution is 2.25. The molecule has 3 aromatic rings. The Labute approximate surface area is 130 Å². The third-order valence-electron chi connectivity index (χ3n) is 3.70. The summed E-state index contributed by atoms with van der Waals surface area (Å²) in [6, 6.07) is 3.45. The number of hydrogen-bond acceptors (Lipinski definition) is 6. The molecular weight excluding hydrogens is 300 g/mol. The van der Waals surface area contributed by atoms with E-state index in [1.165, 1.54) is 6.20 Å². The predicted molar refractivity (Wildman–Crippen MR) is 77.2 cm³/mol. The Morgan fingerprint density at radius 3 is 3.22 bits per heavy atom. The van der Waals surface area contributed by atoms with Gasteiger partial charge in [0, 0.05) is 18.3 Å². The zero-order valence-corrected chi connectivity index (χ0v) is 12.1. The van der Waals surface area contributed by atoms with Crippen molar-refractivity contribution in [2.75, 3.05) is 6.54 Å². The Kier molecular flexibility index (Phi) is 3.39. The molecule has 0 saturated carbocycles. The molecule has 3 aromatic heterocycles. The normalized spacial score (nSPS) is 17.0. The van der Waals surface area contributed by atoms with E-state index in [4.69, 9.17) is 9.15 Å². The highest BCUT2D eigenvalue weighted by molar-refractivity contribution is 5.92. The van der Waals surface area contributed by atoms with Gasteiger partial charge < -0.3 is 14.5 Å². The van der Waals surface area contributed by atoms with Gasteiger partial charge in [0.05, 0.1) is 37.5 Å². The van der Waals surface area contributed by atoms with Gasteiger partial charge in [-0.2, -0.15) is 5.10 Å². The van der Waals surface area contributed by atoms with E-state index in [9.17, 15) is 4.79 Å². The minimum atomic E-state index is -0.213. The van der Waals surface area contributed by atoms with E-state index < -0.39 is 0 Å². The summed E-state index contributed by atoms with van der Waals surface area (Å²) >= 11 is 0. The lowest BCUT2D eigenvalue weighted by Crippen LogP contribution is -2.39. The van der Waals surface area contributed by atoms with Crippen LogP contribution in [0.3, 0.4) is 0 Å². The molecule has 0 radical (unpaired) electrons. The second kappa shape index (κ2) is 5.69. The molecule has 2 N–H and O–H groups in total. The number of amides is 1. The molecule has 9 heteroatoms. The van der Waals surface area contributed by atoms with Crippen molar-refractivity contribution in [2.24, 2.45) is 0 Å². The summed E-state index contributed by atoms with van der Waals surface area (Å²) in [6.45, 7) is 1.31. The summed E-state index contributed by atoms with van der Waals surface area (Å²) in [7, 11) is 0.